The lowest BCUT2D eigenvalue weighted by atomic mass is 9.75. The minimum absolute atomic E-state index is 0.000267. The number of hydrogen-bond acceptors (Lipinski definition) is 5. The number of nitriles is 1. The number of aliphatic hydroxyl groups excluding tert-OH is 1. The van der Waals surface area contributed by atoms with E-state index in [4.69, 9.17) is 23.3 Å². The van der Waals surface area contributed by atoms with Gasteiger partial charge in [-0.1, -0.05) is 17.5 Å². The largest absolute Gasteiger partial charge is 0.393 e. The van der Waals surface area contributed by atoms with Crippen LogP contribution in [0.15, 0.2) is 18.2 Å². The number of Topliss-reactive ketones (excluding diaryl/α,β-unsaturated/α-hetero) is 1. The number of terminal acetylenes is 1. The molecule has 1 aromatic carbocycles. The van der Waals surface area contributed by atoms with E-state index < -0.39 is 35.1 Å². The second-order valence-corrected chi connectivity index (χ2v) is 7.89. The Bertz CT molecular complexity index is 1230. The molecule has 0 unspecified atom stereocenters. The Kier molecular flexibility index (Phi) is 6.09. The number of anilines is 1. The van der Waals surface area contributed by atoms with Crippen molar-refractivity contribution in [2.24, 2.45) is 7.05 Å². The van der Waals surface area contributed by atoms with Gasteiger partial charge in [0.25, 0.3) is 17.6 Å². The Balaban J connectivity index is 1.87. The molecule has 32 heavy (non-hydrogen) atoms. The molecule has 0 spiro atoms. The molecule has 8 nitrogen and oxygen atoms in total. The summed E-state index contributed by atoms with van der Waals surface area (Å²) in [5, 5.41) is 23.3. The van der Waals surface area contributed by atoms with Crippen molar-refractivity contribution in [1.82, 2.24) is 9.88 Å². The SMILES string of the molecule is C#CC1(NC(=O)C(=O)c2c(C)c(C(=O)Nc3ccc(F)c(C#N)c3)n(C)c2Cl)CC(O)C1. The fraction of sp³-hybridized carbons (Fsp3) is 0.273. The van der Waals surface area contributed by atoms with Crippen LogP contribution in [0.25, 0.3) is 0 Å². The number of nitrogens with zero attached hydrogens (tertiary/aromatic N) is 2. The summed E-state index contributed by atoms with van der Waals surface area (Å²) in [6, 6.07) is 5.16. The van der Waals surface area contributed by atoms with Gasteiger partial charge in [-0.3, -0.25) is 14.4 Å². The Labute approximate surface area is 188 Å². The highest BCUT2D eigenvalue weighted by Crippen LogP contribution is 2.32. The zero-order chi connectivity index (χ0) is 23.8. The molecule has 0 atom stereocenters. The van der Waals surface area contributed by atoms with E-state index in [1.807, 2.05) is 0 Å². The summed E-state index contributed by atoms with van der Waals surface area (Å²) in [4.78, 5) is 38.2. The predicted octanol–water partition coefficient (Wildman–Crippen LogP) is 2.08. The van der Waals surface area contributed by atoms with Crippen molar-refractivity contribution in [3.8, 4) is 18.4 Å². The van der Waals surface area contributed by atoms with Crippen LogP contribution < -0.4 is 10.6 Å². The van der Waals surface area contributed by atoms with Crippen LogP contribution in [-0.4, -0.2) is 38.9 Å². The first-order valence-corrected chi connectivity index (χ1v) is 9.79. The molecule has 10 heteroatoms. The second-order valence-electron chi connectivity index (χ2n) is 7.53. The minimum atomic E-state index is -1.11. The van der Waals surface area contributed by atoms with Crippen LogP contribution in [0.4, 0.5) is 10.1 Å². The van der Waals surface area contributed by atoms with E-state index in [2.05, 4.69) is 16.6 Å². The number of benzene rings is 1. The average molecular weight is 457 g/mol. The molecule has 1 aliphatic rings. The standard InChI is InChI=1S/C22H18ClFN4O4/c1-4-22(8-14(29)9-22)27-21(32)18(30)16-11(2)17(28(3)19(16)23)20(31)26-13-5-6-15(24)12(7-13)10-25/h1,5-7,14,29H,8-9H2,2-3H3,(H,26,31)(H,27,32). The maximum atomic E-state index is 13.5. The first-order chi connectivity index (χ1) is 15.0. The summed E-state index contributed by atoms with van der Waals surface area (Å²) in [6.45, 7) is 1.46. The molecule has 164 valence electrons. The number of aromatic nitrogens is 1. The summed E-state index contributed by atoms with van der Waals surface area (Å²) >= 11 is 6.26. The number of ketones is 1. The van der Waals surface area contributed by atoms with Gasteiger partial charge in [0.15, 0.2) is 0 Å². The third-order valence-corrected chi connectivity index (χ3v) is 5.80. The van der Waals surface area contributed by atoms with Crippen LogP contribution in [0.2, 0.25) is 5.15 Å². The topological polar surface area (TPSA) is 124 Å². The van der Waals surface area contributed by atoms with Gasteiger partial charge in [-0.25, -0.2) is 4.39 Å². The van der Waals surface area contributed by atoms with Gasteiger partial charge in [-0.2, -0.15) is 5.26 Å². The van der Waals surface area contributed by atoms with Crippen LogP contribution in [0.5, 0.6) is 0 Å². The van der Waals surface area contributed by atoms with Crippen LogP contribution in [0.3, 0.4) is 0 Å². The zero-order valence-corrected chi connectivity index (χ0v) is 17.9. The first-order valence-electron chi connectivity index (χ1n) is 9.42. The summed E-state index contributed by atoms with van der Waals surface area (Å²) in [7, 11) is 1.44. The van der Waals surface area contributed by atoms with Gasteiger partial charge in [-0.15, -0.1) is 6.42 Å². The summed E-state index contributed by atoms with van der Waals surface area (Å²) < 4.78 is 14.8. The molecule has 1 saturated carbocycles. The average Bonchev–Trinajstić information content (AvgIpc) is 2.95. The molecule has 2 amide bonds. The number of halogens is 2. The fourth-order valence-corrected chi connectivity index (χ4v) is 3.96. The van der Waals surface area contributed by atoms with Crippen molar-refractivity contribution in [1.29, 1.82) is 5.26 Å². The van der Waals surface area contributed by atoms with Gasteiger partial charge in [0.2, 0.25) is 0 Å². The molecule has 3 rings (SSSR count). The van der Waals surface area contributed by atoms with Gasteiger partial charge in [0, 0.05) is 25.6 Å². The van der Waals surface area contributed by atoms with Crippen LogP contribution >= 0.6 is 11.6 Å². The first kappa shape index (κ1) is 23.0. The smallest absolute Gasteiger partial charge is 0.293 e. The lowest BCUT2D eigenvalue weighted by molar-refractivity contribution is -0.120. The van der Waals surface area contributed by atoms with Crippen LogP contribution in [-0.2, 0) is 11.8 Å². The normalized spacial score (nSPS) is 19.3. The molecule has 0 aliphatic heterocycles. The van der Waals surface area contributed by atoms with Gasteiger partial charge in [0.1, 0.15) is 28.3 Å². The molecule has 1 heterocycles. The molecule has 3 N–H and O–H groups in total. The van der Waals surface area contributed by atoms with Crippen molar-refractivity contribution in [3.05, 3.63) is 51.6 Å². The van der Waals surface area contributed by atoms with Gasteiger partial charge >= 0.3 is 0 Å². The summed E-state index contributed by atoms with van der Waals surface area (Å²) in [6.07, 6.45) is 5.03. The van der Waals surface area contributed by atoms with Crippen LogP contribution in [0.1, 0.15) is 44.8 Å². The summed E-state index contributed by atoms with van der Waals surface area (Å²) in [5.41, 5.74) is -1.21. The molecule has 1 aliphatic carbocycles. The van der Waals surface area contributed by atoms with E-state index in [-0.39, 0.29) is 46.1 Å². The van der Waals surface area contributed by atoms with Crippen molar-refractivity contribution < 1.29 is 23.9 Å². The lowest BCUT2D eigenvalue weighted by Gasteiger charge is -2.41. The van der Waals surface area contributed by atoms with Gasteiger partial charge < -0.3 is 20.3 Å². The highest BCUT2D eigenvalue weighted by molar-refractivity contribution is 6.47. The monoisotopic (exact) mass is 456 g/mol. The quantitative estimate of drug-likeness (QED) is 0.361. The Morgan fingerprint density at radius 2 is 2.03 bits per heavy atom. The van der Waals surface area contributed by atoms with E-state index in [0.717, 1.165) is 6.07 Å². The van der Waals surface area contributed by atoms with E-state index >= 15 is 0 Å². The highest BCUT2D eigenvalue weighted by Gasteiger charge is 2.45. The van der Waals surface area contributed by atoms with Crippen molar-refractivity contribution in [2.75, 3.05) is 5.32 Å². The van der Waals surface area contributed by atoms with Crippen molar-refractivity contribution >= 4 is 34.9 Å². The number of aliphatic hydroxyl groups is 1. The third-order valence-electron chi connectivity index (χ3n) is 5.36. The number of nitrogens with one attached hydrogen (secondary N) is 2. The number of rotatable bonds is 5. The van der Waals surface area contributed by atoms with E-state index in [9.17, 15) is 23.9 Å². The maximum absolute atomic E-state index is 13.5. The van der Waals surface area contributed by atoms with E-state index in [0.29, 0.717) is 0 Å². The number of amides is 2. The third kappa shape index (κ3) is 3.96. The molecule has 1 fully saturated rings. The minimum Gasteiger partial charge on any atom is -0.393 e. The number of carbonyl (C=O) groups excluding carboxylic acids is 3. The van der Waals surface area contributed by atoms with Crippen molar-refractivity contribution in [3.63, 3.8) is 0 Å². The molecule has 0 radical (unpaired) electrons. The highest BCUT2D eigenvalue weighted by atomic mass is 35.5. The number of hydrogen-bond donors (Lipinski definition) is 3. The van der Waals surface area contributed by atoms with Crippen LogP contribution in [0, 0.1) is 36.4 Å². The molecular weight excluding hydrogens is 439 g/mol. The molecule has 1 aromatic heterocycles. The van der Waals surface area contributed by atoms with Crippen molar-refractivity contribution in [2.45, 2.75) is 31.4 Å². The predicted molar refractivity (Wildman–Crippen MR) is 114 cm³/mol. The maximum Gasteiger partial charge on any atom is 0.293 e. The summed E-state index contributed by atoms with van der Waals surface area (Å²) in [5.74, 6) is -1.00. The molecular formula is C22H18ClFN4O4. The number of carbonyl (C=O) groups is 3. The van der Waals surface area contributed by atoms with Gasteiger partial charge in [-0.05, 0) is 30.7 Å². The van der Waals surface area contributed by atoms with Gasteiger partial charge in [0.05, 0.1) is 17.2 Å². The lowest BCUT2D eigenvalue weighted by Crippen LogP contribution is -2.59. The Morgan fingerprint density at radius 3 is 2.59 bits per heavy atom. The Hall–Kier alpha value is -3.66. The Morgan fingerprint density at radius 1 is 1.38 bits per heavy atom. The molecule has 2 aromatic rings. The fourth-order valence-electron chi connectivity index (χ4n) is 3.64. The molecule has 0 saturated heterocycles. The van der Waals surface area contributed by atoms with E-state index in [1.165, 1.54) is 30.7 Å². The zero-order valence-electron chi connectivity index (χ0n) is 17.1. The second kappa shape index (κ2) is 8.46. The van der Waals surface area contributed by atoms with E-state index in [1.54, 1.807) is 6.07 Å². The molecule has 0 bridgehead atoms.